The van der Waals surface area contributed by atoms with Crippen LogP contribution in [0.4, 0.5) is 0 Å². The van der Waals surface area contributed by atoms with Crippen molar-refractivity contribution in [1.82, 2.24) is 0 Å². The zero-order valence-electron chi connectivity index (χ0n) is 31.3. The molecule has 5 rings (SSSR count). The van der Waals surface area contributed by atoms with E-state index in [0.717, 1.165) is 64.2 Å². The Balaban J connectivity index is 1.34. The highest BCUT2D eigenvalue weighted by atomic mass is 16.3. The molecule has 17 unspecified atom stereocenters. The molecule has 0 saturated heterocycles. The summed E-state index contributed by atoms with van der Waals surface area (Å²) in [6.07, 6.45) is 9.59. The molecule has 5 saturated carbocycles. The molecule has 0 spiro atoms. The Bertz CT molecular complexity index is 1020. The summed E-state index contributed by atoms with van der Waals surface area (Å²) in [6, 6.07) is 0. The third-order valence-electron chi connectivity index (χ3n) is 16.7. The molecule has 5 N–H and O–H groups in total. The second-order valence-corrected chi connectivity index (χ2v) is 19.6. The molecule has 5 aliphatic carbocycles. The van der Waals surface area contributed by atoms with Crippen LogP contribution in [0.1, 0.15) is 140 Å². The van der Waals surface area contributed by atoms with Crippen LogP contribution < -0.4 is 0 Å². The van der Waals surface area contributed by atoms with E-state index in [1.807, 2.05) is 13.8 Å². The van der Waals surface area contributed by atoms with Crippen molar-refractivity contribution in [3.63, 3.8) is 0 Å². The van der Waals surface area contributed by atoms with E-state index in [0.29, 0.717) is 41.4 Å². The van der Waals surface area contributed by atoms with E-state index in [-0.39, 0.29) is 58.0 Å². The molecule has 0 heterocycles. The number of hydrogen-bond acceptors (Lipinski definition) is 5. The normalized spacial score (nSPS) is 53.1. The molecule has 0 aromatic carbocycles. The van der Waals surface area contributed by atoms with Crippen molar-refractivity contribution in [1.29, 1.82) is 0 Å². The molecule has 46 heavy (non-hydrogen) atoms. The molecular weight excluding hydrogens is 572 g/mol. The van der Waals surface area contributed by atoms with Crippen molar-refractivity contribution in [2.75, 3.05) is 0 Å². The fraction of sp³-hybridized carbons (Fsp3) is 1.00. The number of fused-ring (bicyclic) bond motifs is 3. The molecule has 0 bridgehead atoms. The number of aliphatic hydroxyl groups is 5. The maximum Gasteiger partial charge on any atom is 0.0656 e. The molecule has 0 aromatic heterocycles. The first kappa shape index (κ1) is 37.1. The zero-order valence-corrected chi connectivity index (χ0v) is 31.3. The Morgan fingerprint density at radius 1 is 0.826 bits per heavy atom. The van der Waals surface area contributed by atoms with E-state index in [1.54, 1.807) is 0 Å². The van der Waals surface area contributed by atoms with Crippen molar-refractivity contribution in [2.45, 2.75) is 170 Å². The average Bonchev–Trinajstić information content (AvgIpc) is 2.94. The van der Waals surface area contributed by atoms with E-state index in [2.05, 4.69) is 55.4 Å². The molecule has 5 fully saturated rings. The highest BCUT2D eigenvalue weighted by Crippen LogP contribution is 2.73. The standard InChI is InChI=1S/C41H74O5/c1-22(2)32-18-30(15-16-31(44)17-28-11-13-29(14-12-28)26(6)42)24(4)35-33(32)20-39(8)21-40(9)19-23(3)34(27(7)43)38(46)41(40,10)25(5)36(39)37(35)45/h22-38,42-46H,11-21H2,1-10H3. The van der Waals surface area contributed by atoms with Crippen LogP contribution in [0.5, 0.6) is 0 Å². The zero-order chi connectivity index (χ0) is 34.1. The minimum absolute atomic E-state index is 0.0219. The Hall–Kier alpha value is -0.200. The van der Waals surface area contributed by atoms with Gasteiger partial charge in [0.2, 0.25) is 0 Å². The summed E-state index contributed by atoms with van der Waals surface area (Å²) in [5.74, 6) is 4.21. The molecule has 5 aliphatic rings. The summed E-state index contributed by atoms with van der Waals surface area (Å²) in [7, 11) is 0. The van der Waals surface area contributed by atoms with Crippen LogP contribution in [0.15, 0.2) is 0 Å². The van der Waals surface area contributed by atoms with Gasteiger partial charge in [-0.05, 0) is 160 Å². The Morgan fingerprint density at radius 3 is 2.02 bits per heavy atom. The van der Waals surface area contributed by atoms with Gasteiger partial charge in [-0.3, -0.25) is 0 Å². The maximum atomic E-state index is 12.7. The van der Waals surface area contributed by atoms with Crippen molar-refractivity contribution < 1.29 is 25.5 Å². The van der Waals surface area contributed by atoms with Gasteiger partial charge in [0, 0.05) is 11.3 Å². The van der Waals surface area contributed by atoms with E-state index >= 15 is 0 Å². The van der Waals surface area contributed by atoms with Crippen LogP contribution in [0.2, 0.25) is 0 Å². The van der Waals surface area contributed by atoms with Gasteiger partial charge in [0.25, 0.3) is 0 Å². The van der Waals surface area contributed by atoms with Gasteiger partial charge in [0.15, 0.2) is 0 Å². The molecular formula is C41H74O5. The maximum absolute atomic E-state index is 12.7. The fourth-order valence-corrected chi connectivity index (χ4v) is 14.2. The molecule has 5 heteroatoms. The first-order valence-corrected chi connectivity index (χ1v) is 19.8. The van der Waals surface area contributed by atoms with Crippen molar-refractivity contribution >= 4 is 0 Å². The average molecular weight is 647 g/mol. The molecule has 268 valence electrons. The largest absolute Gasteiger partial charge is 0.393 e. The van der Waals surface area contributed by atoms with Crippen LogP contribution in [0, 0.1) is 87.3 Å². The first-order chi connectivity index (χ1) is 21.4. The molecule has 5 nitrogen and oxygen atoms in total. The Morgan fingerprint density at radius 2 is 1.46 bits per heavy atom. The van der Waals surface area contributed by atoms with E-state index in [4.69, 9.17) is 0 Å². The molecule has 0 amide bonds. The lowest BCUT2D eigenvalue weighted by molar-refractivity contribution is -0.281. The minimum atomic E-state index is -0.589. The predicted octanol–water partition coefficient (Wildman–Crippen LogP) is 7.70. The smallest absolute Gasteiger partial charge is 0.0656 e. The van der Waals surface area contributed by atoms with Crippen LogP contribution in [0.3, 0.4) is 0 Å². The predicted molar refractivity (Wildman–Crippen MR) is 187 cm³/mol. The lowest BCUT2D eigenvalue weighted by Gasteiger charge is -2.72. The molecule has 0 aromatic rings. The van der Waals surface area contributed by atoms with Gasteiger partial charge in [-0.15, -0.1) is 0 Å². The second kappa shape index (κ2) is 13.5. The first-order valence-electron chi connectivity index (χ1n) is 19.8. The Labute approximate surface area is 282 Å². The SMILES string of the molecule is CC(C)C1CC(CCC(O)CC2CCC(C(C)O)CC2)C(C)C2C(O)C3C(C)C4(C)C(O)C(C(C)O)C(C)CC4(C)CC3(C)CC12. The third kappa shape index (κ3) is 6.20. The van der Waals surface area contributed by atoms with Gasteiger partial charge in [-0.1, -0.05) is 55.4 Å². The van der Waals surface area contributed by atoms with Crippen LogP contribution >= 0.6 is 0 Å². The number of hydrogen-bond donors (Lipinski definition) is 5. The lowest BCUT2D eigenvalue weighted by atomic mass is 9.33. The van der Waals surface area contributed by atoms with Crippen LogP contribution in [0.25, 0.3) is 0 Å². The molecule has 17 atom stereocenters. The van der Waals surface area contributed by atoms with E-state index < -0.39 is 18.3 Å². The van der Waals surface area contributed by atoms with Gasteiger partial charge in [0.1, 0.15) is 0 Å². The summed E-state index contributed by atoms with van der Waals surface area (Å²) >= 11 is 0. The Kier molecular flexibility index (Phi) is 10.9. The van der Waals surface area contributed by atoms with E-state index in [1.165, 1.54) is 6.42 Å². The fourth-order valence-electron chi connectivity index (χ4n) is 14.2. The summed E-state index contributed by atoms with van der Waals surface area (Å²) in [5.41, 5.74) is -0.392. The number of aliphatic hydroxyl groups excluding tert-OH is 5. The van der Waals surface area contributed by atoms with Crippen LogP contribution in [-0.4, -0.2) is 56.1 Å². The summed E-state index contributed by atoms with van der Waals surface area (Å²) < 4.78 is 0. The lowest BCUT2D eigenvalue weighted by Crippen LogP contribution is -2.70. The monoisotopic (exact) mass is 647 g/mol. The highest BCUT2D eigenvalue weighted by Gasteiger charge is 2.70. The topological polar surface area (TPSA) is 101 Å². The van der Waals surface area contributed by atoms with E-state index in [9.17, 15) is 25.5 Å². The number of rotatable bonds is 8. The van der Waals surface area contributed by atoms with Gasteiger partial charge in [-0.25, -0.2) is 0 Å². The highest BCUT2D eigenvalue weighted by molar-refractivity contribution is 5.19. The van der Waals surface area contributed by atoms with Crippen molar-refractivity contribution in [3.8, 4) is 0 Å². The summed E-state index contributed by atoms with van der Waals surface area (Å²) in [4.78, 5) is 0. The molecule has 0 radical (unpaired) electrons. The van der Waals surface area contributed by atoms with Crippen molar-refractivity contribution in [2.24, 2.45) is 87.3 Å². The van der Waals surface area contributed by atoms with Crippen LogP contribution in [-0.2, 0) is 0 Å². The summed E-state index contributed by atoms with van der Waals surface area (Å²) in [5, 5.41) is 56.8. The second-order valence-electron chi connectivity index (χ2n) is 19.6. The molecule has 0 aliphatic heterocycles. The van der Waals surface area contributed by atoms with Gasteiger partial charge < -0.3 is 25.5 Å². The van der Waals surface area contributed by atoms with Gasteiger partial charge >= 0.3 is 0 Å². The van der Waals surface area contributed by atoms with Gasteiger partial charge in [0.05, 0.1) is 30.5 Å². The quantitative estimate of drug-likeness (QED) is 0.186. The van der Waals surface area contributed by atoms with Gasteiger partial charge in [-0.2, -0.15) is 0 Å². The van der Waals surface area contributed by atoms with Crippen molar-refractivity contribution in [3.05, 3.63) is 0 Å². The third-order valence-corrected chi connectivity index (χ3v) is 16.7. The summed E-state index contributed by atoms with van der Waals surface area (Å²) in [6.45, 7) is 22.7. The minimum Gasteiger partial charge on any atom is -0.393 e.